The van der Waals surface area contributed by atoms with Crippen LogP contribution >= 0.6 is 0 Å². The van der Waals surface area contributed by atoms with Gasteiger partial charge in [0.05, 0.1) is 5.92 Å². The van der Waals surface area contributed by atoms with Crippen LogP contribution in [0.1, 0.15) is 66.2 Å². The molecule has 0 saturated carbocycles. The summed E-state index contributed by atoms with van der Waals surface area (Å²) in [5.41, 5.74) is 2.85. The third-order valence-electron chi connectivity index (χ3n) is 3.19. The average molecular weight is 252 g/mol. The molecule has 0 aliphatic rings. The van der Waals surface area contributed by atoms with Crippen molar-refractivity contribution in [2.24, 2.45) is 5.92 Å². The summed E-state index contributed by atoms with van der Waals surface area (Å²) in [5.74, 6) is -0.931. The smallest absolute Gasteiger partial charge is 0.306 e. The Hall–Kier alpha value is -1.05. The van der Waals surface area contributed by atoms with Crippen molar-refractivity contribution in [2.75, 3.05) is 0 Å². The van der Waals surface area contributed by atoms with Crippen LogP contribution < -0.4 is 0 Å². The quantitative estimate of drug-likeness (QED) is 0.589. The summed E-state index contributed by atoms with van der Waals surface area (Å²) in [5, 5.41) is 8.77. The molecule has 104 valence electrons. The van der Waals surface area contributed by atoms with E-state index in [9.17, 15) is 4.79 Å². The van der Waals surface area contributed by atoms with E-state index in [2.05, 4.69) is 32.9 Å². The summed E-state index contributed by atoms with van der Waals surface area (Å²) in [6.07, 6.45) is 10.7. The first-order valence-electron chi connectivity index (χ1n) is 7.01. The summed E-state index contributed by atoms with van der Waals surface area (Å²) in [6, 6.07) is 0. The third kappa shape index (κ3) is 9.03. The Labute approximate surface area is 112 Å². The molecule has 0 radical (unpaired) electrons. The van der Waals surface area contributed by atoms with Crippen molar-refractivity contribution in [3.05, 3.63) is 23.3 Å². The Bertz CT molecular complexity index is 300. The second-order valence-electron chi connectivity index (χ2n) is 5.21. The highest BCUT2D eigenvalue weighted by atomic mass is 16.4. The standard InChI is InChI=1S/C16H28O2/c1-5-8-13(2)9-6-10-14(3)11-7-12-15(4)16(17)18/h9,11,15H,5-8,10,12H2,1-4H3,(H,17,18)/b13-9+,14-11+. The van der Waals surface area contributed by atoms with Gasteiger partial charge in [-0.05, 0) is 46.0 Å². The SMILES string of the molecule is CCC/C(C)=C/CC/C(C)=C/CCC(C)C(=O)O. The molecule has 0 amide bonds. The molecule has 0 rings (SSSR count). The lowest BCUT2D eigenvalue weighted by molar-refractivity contribution is -0.141. The molecule has 1 N–H and O–H groups in total. The lowest BCUT2D eigenvalue weighted by Gasteiger charge is -2.04. The fourth-order valence-corrected chi connectivity index (χ4v) is 1.85. The number of allylic oxidation sites excluding steroid dienone is 4. The molecule has 0 saturated heterocycles. The van der Waals surface area contributed by atoms with E-state index in [1.165, 1.54) is 24.0 Å². The van der Waals surface area contributed by atoms with Gasteiger partial charge in [0.25, 0.3) is 0 Å². The predicted octanol–water partition coefficient (Wildman–Crippen LogP) is 4.96. The second-order valence-corrected chi connectivity index (χ2v) is 5.21. The van der Waals surface area contributed by atoms with Crippen LogP contribution in [0.25, 0.3) is 0 Å². The van der Waals surface area contributed by atoms with Crippen molar-refractivity contribution < 1.29 is 9.90 Å². The predicted molar refractivity (Wildman–Crippen MR) is 77.7 cm³/mol. The van der Waals surface area contributed by atoms with Crippen LogP contribution in [0.3, 0.4) is 0 Å². The zero-order chi connectivity index (χ0) is 14.0. The van der Waals surface area contributed by atoms with Crippen molar-refractivity contribution in [3.63, 3.8) is 0 Å². The number of carboxylic acid groups (broad SMARTS) is 1. The van der Waals surface area contributed by atoms with Gasteiger partial charge in [0.15, 0.2) is 0 Å². The van der Waals surface area contributed by atoms with Gasteiger partial charge in [0.2, 0.25) is 0 Å². The molecular formula is C16H28O2. The van der Waals surface area contributed by atoms with E-state index >= 15 is 0 Å². The van der Waals surface area contributed by atoms with E-state index < -0.39 is 5.97 Å². The first-order valence-corrected chi connectivity index (χ1v) is 7.01. The maximum atomic E-state index is 10.7. The highest BCUT2D eigenvalue weighted by molar-refractivity contribution is 5.69. The van der Waals surface area contributed by atoms with Crippen molar-refractivity contribution in [2.45, 2.75) is 66.2 Å². The van der Waals surface area contributed by atoms with Crippen LogP contribution in [0.2, 0.25) is 0 Å². The van der Waals surface area contributed by atoms with Crippen LogP contribution in [0, 0.1) is 5.92 Å². The maximum absolute atomic E-state index is 10.7. The van der Waals surface area contributed by atoms with Crippen molar-refractivity contribution >= 4 is 5.97 Å². The number of rotatable bonds is 9. The molecule has 0 aliphatic heterocycles. The molecule has 1 atom stereocenters. The molecule has 0 aromatic carbocycles. The van der Waals surface area contributed by atoms with Gasteiger partial charge in [-0.15, -0.1) is 0 Å². The summed E-state index contributed by atoms with van der Waals surface area (Å²) < 4.78 is 0. The van der Waals surface area contributed by atoms with Gasteiger partial charge in [-0.25, -0.2) is 0 Å². The van der Waals surface area contributed by atoms with E-state index in [0.29, 0.717) is 0 Å². The number of carboxylic acids is 1. The summed E-state index contributed by atoms with van der Waals surface area (Å²) in [7, 11) is 0. The zero-order valence-corrected chi connectivity index (χ0v) is 12.3. The molecule has 0 bridgehead atoms. The van der Waals surface area contributed by atoms with E-state index in [1.807, 2.05) is 0 Å². The Morgan fingerprint density at radius 1 is 1.11 bits per heavy atom. The normalized spacial score (nSPS) is 14.7. The lowest BCUT2D eigenvalue weighted by atomic mass is 10.0. The molecule has 0 heterocycles. The van der Waals surface area contributed by atoms with Crippen molar-refractivity contribution in [1.29, 1.82) is 0 Å². The molecule has 0 aromatic heterocycles. The highest BCUT2D eigenvalue weighted by Gasteiger charge is 2.08. The van der Waals surface area contributed by atoms with Gasteiger partial charge in [0, 0.05) is 0 Å². The van der Waals surface area contributed by atoms with Gasteiger partial charge in [0.1, 0.15) is 0 Å². The maximum Gasteiger partial charge on any atom is 0.306 e. The molecule has 2 heteroatoms. The zero-order valence-electron chi connectivity index (χ0n) is 12.3. The summed E-state index contributed by atoms with van der Waals surface area (Å²) in [6.45, 7) is 8.29. The minimum atomic E-state index is -0.695. The van der Waals surface area contributed by atoms with E-state index in [-0.39, 0.29) is 5.92 Å². The van der Waals surface area contributed by atoms with Gasteiger partial charge < -0.3 is 5.11 Å². The second kappa shape index (κ2) is 9.93. The first-order chi connectivity index (χ1) is 8.47. The number of hydrogen-bond donors (Lipinski definition) is 1. The largest absolute Gasteiger partial charge is 0.481 e. The van der Waals surface area contributed by atoms with E-state index in [1.54, 1.807) is 6.92 Å². The van der Waals surface area contributed by atoms with Crippen molar-refractivity contribution in [3.8, 4) is 0 Å². The minimum Gasteiger partial charge on any atom is -0.481 e. The molecule has 0 aliphatic carbocycles. The van der Waals surface area contributed by atoms with Gasteiger partial charge in [-0.3, -0.25) is 4.79 Å². The van der Waals surface area contributed by atoms with Gasteiger partial charge >= 0.3 is 5.97 Å². The topological polar surface area (TPSA) is 37.3 Å². The highest BCUT2D eigenvalue weighted by Crippen LogP contribution is 2.13. The Kier molecular flexibility index (Phi) is 9.35. The van der Waals surface area contributed by atoms with E-state index in [4.69, 9.17) is 5.11 Å². The lowest BCUT2D eigenvalue weighted by Crippen LogP contribution is -2.08. The molecule has 0 spiro atoms. The fourth-order valence-electron chi connectivity index (χ4n) is 1.85. The minimum absolute atomic E-state index is 0.235. The molecule has 0 aromatic rings. The van der Waals surface area contributed by atoms with Crippen molar-refractivity contribution in [1.82, 2.24) is 0 Å². The van der Waals surface area contributed by atoms with Crippen LogP contribution in [0.15, 0.2) is 23.3 Å². The van der Waals surface area contributed by atoms with Gasteiger partial charge in [-0.1, -0.05) is 43.6 Å². The van der Waals surface area contributed by atoms with Crippen LogP contribution in [-0.2, 0) is 4.79 Å². The van der Waals surface area contributed by atoms with E-state index in [0.717, 1.165) is 25.7 Å². The van der Waals surface area contributed by atoms with Crippen LogP contribution in [-0.4, -0.2) is 11.1 Å². The molecule has 0 fully saturated rings. The van der Waals surface area contributed by atoms with Gasteiger partial charge in [-0.2, -0.15) is 0 Å². The number of carbonyl (C=O) groups is 1. The third-order valence-corrected chi connectivity index (χ3v) is 3.19. The number of aliphatic carboxylic acids is 1. The Balaban J connectivity index is 3.85. The Morgan fingerprint density at radius 3 is 2.22 bits per heavy atom. The van der Waals surface area contributed by atoms with Crippen LogP contribution in [0.5, 0.6) is 0 Å². The average Bonchev–Trinajstić information content (AvgIpc) is 2.29. The molecule has 18 heavy (non-hydrogen) atoms. The number of hydrogen-bond acceptors (Lipinski definition) is 1. The monoisotopic (exact) mass is 252 g/mol. The Morgan fingerprint density at radius 2 is 1.67 bits per heavy atom. The molecule has 1 unspecified atom stereocenters. The molecule has 2 nitrogen and oxygen atoms in total. The van der Waals surface area contributed by atoms with Crippen LogP contribution in [0.4, 0.5) is 0 Å². The summed E-state index contributed by atoms with van der Waals surface area (Å²) >= 11 is 0. The fraction of sp³-hybridized carbons (Fsp3) is 0.688. The summed E-state index contributed by atoms with van der Waals surface area (Å²) in [4.78, 5) is 10.7. The molecular weight excluding hydrogens is 224 g/mol. The first kappa shape index (κ1) is 16.9.